The Hall–Kier alpha value is -3.10. The molecule has 0 bridgehead atoms. The number of amides is 1. The standard InChI is InChI=1S/C33H49NO7/c1-10-26-18-25(19-28(32(37)38-9)34-29(36)12-14-40-33(7,8)20-35)15-22(4)31(26)41-27-16-23(5)30(24(6)17-27)39-13-11-21(2)3/h15-18,21,28,35H,10-14,19-20H2,1-9H3,(H,34,36). The van der Waals surface area contributed by atoms with E-state index in [1.165, 1.54) is 7.11 Å². The van der Waals surface area contributed by atoms with Crippen molar-refractivity contribution in [3.8, 4) is 17.2 Å². The smallest absolute Gasteiger partial charge is 0.328 e. The van der Waals surface area contributed by atoms with Gasteiger partial charge in [0, 0.05) is 6.42 Å². The number of carbonyl (C=O) groups excluding carboxylic acids is 2. The summed E-state index contributed by atoms with van der Waals surface area (Å²) < 4.78 is 23.0. The first-order chi connectivity index (χ1) is 19.3. The fourth-order valence-corrected chi connectivity index (χ4v) is 4.47. The molecule has 1 amide bonds. The summed E-state index contributed by atoms with van der Waals surface area (Å²) in [6.45, 7) is 16.6. The van der Waals surface area contributed by atoms with Crippen LogP contribution in [0, 0.1) is 26.7 Å². The molecule has 2 aromatic rings. The molecule has 0 radical (unpaired) electrons. The van der Waals surface area contributed by atoms with E-state index in [4.69, 9.17) is 18.9 Å². The van der Waals surface area contributed by atoms with Crippen LogP contribution in [0.15, 0.2) is 24.3 Å². The quantitative estimate of drug-likeness (QED) is 0.247. The van der Waals surface area contributed by atoms with Gasteiger partial charge in [-0.2, -0.15) is 0 Å². The predicted octanol–water partition coefficient (Wildman–Crippen LogP) is 5.77. The van der Waals surface area contributed by atoms with E-state index in [0.29, 0.717) is 12.5 Å². The van der Waals surface area contributed by atoms with E-state index in [9.17, 15) is 14.7 Å². The number of methoxy groups -OCH3 is 1. The lowest BCUT2D eigenvalue weighted by Crippen LogP contribution is -2.43. The minimum atomic E-state index is -0.845. The molecule has 0 aliphatic rings. The van der Waals surface area contributed by atoms with E-state index in [1.807, 2.05) is 45.0 Å². The van der Waals surface area contributed by atoms with Crippen LogP contribution in [0.2, 0.25) is 0 Å². The molecular weight excluding hydrogens is 522 g/mol. The van der Waals surface area contributed by atoms with Crippen LogP contribution < -0.4 is 14.8 Å². The fourth-order valence-electron chi connectivity index (χ4n) is 4.47. The van der Waals surface area contributed by atoms with E-state index in [2.05, 4.69) is 26.1 Å². The molecule has 1 atom stereocenters. The molecular formula is C33H49NO7. The Balaban J connectivity index is 2.19. The van der Waals surface area contributed by atoms with Crippen molar-refractivity contribution in [2.24, 2.45) is 5.92 Å². The van der Waals surface area contributed by atoms with E-state index in [-0.39, 0.29) is 32.0 Å². The number of hydrogen-bond donors (Lipinski definition) is 2. The summed E-state index contributed by atoms with van der Waals surface area (Å²) in [6, 6.07) is 7.15. The van der Waals surface area contributed by atoms with Crippen LogP contribution in [0.25, 0.3) is 0 Å². The molecule has 1 unspecified atom stereocenters. The van der Waals surface area contributed by atoms with Crippen LogP contribution in [0.4, 0.5) is 0 Å². The van der Waals surface area contributed by atoms with Crippen LogP contribution in [-0.4, -0.2) is 55.6 Å². The third kappa shape index (κ3) is 10.7. The van der Waals surface area contributed by atoms with Gasteiger partial charge in [0.2, 0.25) is 5.91 Å². The molecule has 2 rings (SSSR count). The number of nitrogens with one attached hydrogen (secondary N) is 1. The Bertz CT molecular complexity index is 1150. The maximum Gasteiger partial charge on any atom is 0.328 e. The maximum atomic E-state index is 12.6. The van der Waals surface area contributed by atoms with Gasteiger partial charge in [0.1, 0.15) is 23.3 Å². The molecule has 0 saturated carbocycles. The van der Waals surface area contributed by atoms with Crippen molar-refractivity contribution in [1.29, 1.82) is 0 Å². The van der Waals surface area contributed by atoms with E-state index >= 15 is 0 Å². The van der Waals surface area contributed by atoms with Gasteiger partial charge >= 0.3 is 5.97 Å². The van der Waals surface area contributed by atoms with Crippen molar-refractivity contribution in [1.82, 2.24) is 5.32 Å². The highest BCUT2D eigenvalue weighted by molar-refractivity contribution is 5.84. The third-order valence-electron chi connectivity index (χ3n) is 6.85. The van der Waals surface area contributed by atoms with Crippen molar-refractivity contribution < 1.29 is 33.6 Å². The summed E-state index contributed by atoms with van der Waals surface area (Å²) in [5.41, 5.74) is 4.14. The van der Waals surface area contributed by atoms with Gasteiger partial charge in [-0.1, -0.05) is 32.9 Å². The van der Waals surface area contributed by atoms with Crippen LogP contribution in [0.3, 0.4) is 0 Å². The van der Waals surface area contributed by atoms with Crippen molar-refractivity contribution >= 4 is 11.9 Å². The molecule has 0 spiro atoms. The highest BCUT2D eigenvalue weighted by Crippen LogP contribution is 2.35. The first-order valence-corrected chi connectivity index (χ1v) is 14.5. The molecule has 41 heavy (non-hydrogen) atoms. The zero-order valence-corrected chi connectivity index (χ0v) is 26.3. The number of aryl methyl sites for hydroxylation is 4. The maximum absolute atomic E-state index is 12.6. The number of ether oxygens (including phenoxy) is 4. The normalized spacial score (nSPS) is 12.3. The average Bonchev–Trinajstić information content (AvgIpc) is 2.90. The Morgan fingerprint density at radius 2 is 1.61 bits per heavy atom. The van der Waals surface area contributed by atoms with Crippen molar-refractivity contribution in [2.45, 2.75) is 92.7 Å². The molecule has 0 aliphatic carbocycles. The summed E-state index contributed by atoms with van der Waals surface area (Å²) >= 11 is 0. The first kappa shape index (κ1) is 34.1. The zero-order valence-electron chi connectivity index (χ0n) is 26.3. The lowest BCUT2D eigenvalue weighted by molar-refractivity contribution is -0.145. The fraction of sp³-hybridized carbons (Fsp3) is 0.576. The Morgan fingerprint density at radius 1 is 0.976 bits per heavy atom. The third-order valence-corrected chi connectivity index (χ3v) is 6.85. The monoisotopic (exact) mass is 571 g/mol. The van der Waals surface area contributed by atoms with Crippen LogP contribution >= 0.6 is 0 Å². The molecule has 8 nitrogen and oxygen atoms in total. The summed E-state index contributed by atoms with van der Waals surface area (Å²) in [5, 5.41) is 12.1. The van der Waals surface area contributed by atoms with Crippen LogP contribution in [-0.2, 0) is 31.9 Å². The first-order valence-electron chi connectivity index (χ1n) is 14.5. The Morgan fingerprint density at radius 3 is 2.17 bits per heavy atom. The summed E-state index contributed by atoms with van der Waals surface area (Å²) in [7, 11) is 1.30. The van der Waals surface area contributed by atoms with Crippen LogP contribution in [0.5, 0.6) is 17.2 Å². The predicted molar refractivity (Wildman–Crippen MR) is 161 cm³/mol. The highest BCUT2D eigenvalue weighted by Gasteiger charge is 2.24. The SMILES string of the molecule is CCc1cc(CC(NC(=O)CCOC(C)(C)CO)C(=O)OC)cc(C)c1Oc1cc(C)c(OCCC(C)C)c(C)c1. The average molecular weight is 572 g/mol. The Kier molecular flexibility index (Phi) is 13.1. The number of benzene rings is 2. The molecule has 0 saturated heterocycles. The molecule has 0 aliphatic heterocycles. The van der Waals surface area contributed by atoms with Gasteiger partial charge in [0.15, 0.2) is 0 Å². The van der Waals surface area contributed by atoms with Gasteiger partial charge in [-0.25, -0.2) is 4.79 Å². The second-order valence-electron chi connectivity index (χ2n) is 11.6. The molecule has 0 fully saturated rings. The van der Waals surface area contributed by atoms with E-state index < -0.39 is 17.6 Å². The zero-order chi connectivity index (χ0) is 30.7. The number of aliphatic hydroxyl groups is 1. The van der Waals surface area contributed by atoms with Crippen molar-refractivity contribution in [3.05, 3.63) is 52.1 Å². The largest absolute Gasteiger partial charge is 0.493 e. The number of rotatable bonds is 16. The van der Waals surface area contributed by atoms with Gasteiger partial charge in [0.25, 0.3) is 0 Å². The molecule has 0 heterocycles. The lowest BCUT2D eigenvalue weighted by atomic mass is 9.98. The lowest BCUT2D eigenvalue weighted by Gasteiger charge is -2.23. The number of aliphatic hydroxyl groups excluding tert-OH is 1. The second kappa shape index (κ2) is 15.8. The summed E-state index contributed by atoms with van der Waals surface area (Å²) in [6.07, 6.45) is 2.06. The molecule has 2 aromatic carbocycles. The van der Waals surface area contributed by atoms with Gasteiger partial charge in [-0.3, -0.25) is 4.79 Å². The number of hydrogen-bond acceptors (Lipinski definition) is 7. The summed E-state index contributed by atoms with van der Waals surface area (Å²) in [4.78, 5) is 25.1. The van der Waals surface area contributed by atoms with Gasteiger partial charge in [0.05, 0.1) is 39.0 Å². The Labute approximate surface area is 245 Å². The van der Waals surface area contributed by atoms with Crippen LogP contribution in [0.1, 0.15) is 75.3 Å². The van der Waals surface area contributed by atoms with Gasteiger partial charge in [-0.15, -0.1) is 0 Å². The summed E-state index contributed by atoms with van der Waals surface area (Å²) in [5.74, 6) is 2.16. The topological polar surface area (TPSA) is 103 Å². The highest BCUT2D eigenvalue weighted by atomic mass is 16.5. The minimum Gasteiger partial charge on any atom is -0.493 e. The minimum absolute atomic E-state index is 0.0589. The van der Waals surface area contributed by atoms with E-state index in [0.717, 1.165) is 57.9 Å². The molecule has 2 N–H and O–H groups in total. The van der Waals surface area contributed by atoms with Gasteiger partial charge in [-0.05, 0) is 93.3 Å². The molecule has 228 valence electrons. The number of esters is 1. The van der Waals surface area contributed by atoms with E-state index in [1.54, 1.807) is 13.8 Å². The molecule has 0 aromatic heterocycles. The van der Waals surface area contributed by atoms with Crippen molar-refractivity contribution in [2.75, 3.05) is 26.9 Å². The molecule has 8 heteroatoms. The van der Waals surface area contributed by atoms with Gasteiger partial charge < -0.3 is 29.4 Å². The van der Waals surface area contributed by atoms with Crippen molar-refractivity contribution in [3.63, 3.8) is 0 Å². The number of carbonyl (C=O) groups is 2. The second-order valence-corrected chi connectivity index (χ2v) is 11.6.